The summed E-state index contributed by atoms with van der Waals surface area (Å²) in [6.45, 7) is 3.98. The molecule has 1 aliphatic rings. The smallest absolute Gasteiger partial charge is 0.121 e. The van der Waals surface area contributed by atoms with Crippen LogP contribution in [0.5, 0.6) is 5.75 Å². The Kier molecular flexibility index (Phi) is 4.96. The summed E-state index contributed by atoms with van der Waals surface area (Å²) >= 11 is 11.7. The van der Waals surface area contributed by atoms with E-state index in [1.807, 2.05) is 0 Å². The first-order chi connectivity index (χ1) is 8.98. The molecule has 0 saturated heterocycles. The van der Waals surface area contributed by atoms with Crippen LogP contribution in [0.15, 0.2) is 18.2 Å². The molecule has 1 aromatic rings. The molecule has 0 spiro atoms. The van der Waals surface area contributed by atoms with Gasteiger partial charge < -0.3 is 15.2 Å². The maximum Gasteiger partial charge on any atom is 0.121 e. The zero-order chi connectivity index (χ0) is 13.9. The fourth-order valence-corrected chi connectivity index (χ4v) is 2.04. The number of hydrogen-bond acceptors (Lipinski definition) is 3. The molecule has 0 aromatic heterocycles. The van der Waals surface area contributed by atoms with E-state index in [1.165, 1.54) is 12.8 Å². The largest absolute Gasteiger partial charge is 0.491 e. The summed E-state index contributed by atoms with van der Waals surface area (Å²) in [6.07, 6.45) is 2.02. The van der Waals surface area contributed by atoms with Gasteiger partial charge in [0.05, 0.1) is 10.0 Å². The average Bonchev–Trinajstić information content (AvgIpc) is 3.09. The van der Waals surface area contributed by atoms with Gasteiger partial charge in [-0.1, -0.05) is 30.1 Å². The molecule has 1 fully saturated rings. The van der Waals surface area contributed by atoms with Gasteiger partial charge in [-0.3, -0.25) is 0 Å². The molecule has 2 rings (SSSR count). The Morgan fingerprint density at radius 3 is 2.74 bits per heavy atom. The topological polar surface area (TPSA) is 41.5 Å². The van der Waals surface area contributed by atoms with E-state index >= 15 is 0 Å². The lowest BCUT2D eigenvalue weighted by Gasteiger charge is -2.15. The minimum absolute atomic E-state index is 0.238. The molecule has 2 N–H and O–H groups in total. The maximum atomic E-state index is 9.81. The van der Waals surface area contributed by atoms with E-state index in [0.717, 1.165) is 6.54 Å². The van der Waals surface area contributed by atoms with Crippen LogP contribution >= 0.6 is 23.2 Å². The lowest BCUT2D eigenvalue weighted by Crippen LogP contribution is -2.34. The molecule has 19 heavy (non-hydrogen) atoms. The summed E-state index contributed by atoms with van der Waals surface area (Å²) in [4.78, 5) is 0. The van der Waals surface area contributed by atoms with Crippen LogP contribution in [-0.2, 0) is 0 Å². The average molecular weight is 304 g/mol. The highest BCUT2D eigenvalue weighted by atomic mass is 35.5. The minimum atomic E-state index is -0.531. The second-order valence-electron chi connectivity index (χ2n) is 5.48. The highest BCUT2D eigenvalue weighted by Crippen LogP contribution is 2.43. The fourth-order valence-electron chi connectivity index (χ4n) is 1.75. The molecule has 1 atom stereocenters. The number of aliphatic hydroxyl groups is 1. The van der Waals surface area contributed by atoms with Crippen LogP contribution in [0.25, 0.3) is 0 Å². The lowest BCUT2D eigenvalue weighted by atomic mass is 10.1. The van der Waals surface area contributed by atoms with Crippen LogP contribution in [-0.4, -0.2) is 30.9 Å². The van der Waals surface area contributed by atoms with Crippen LogP contribution in [0, 0.1) is 5.41 Å². The van der Waals surface area contributed by atoms with Gasteiger partial charge in [0.1, 0.15) is 18.5 Å². The predicted octanol–water partition coefficient (Wildman–Crippen LogP) is 3.12. The highest BCUT2D eigenvalue weighted by Gasteiger charge is 2.36. The second kappa shape index (κ2) is 6.31. The summed E-state index contributed by atoms with van der Waals surface area (Å²) in [5.41, 5.74) is 0.449. The van der Waals surface area contributed by atoms with E-state index in [2.05, 4.69) is 12.2 Å². The van der Waals surface area contributed by atoms with Crippen LogP contribution in [0.1, 0.15) is 19.8 Å². The molecule has 1 saturated carbocycles. The van der Waals surface area contributed by atoms with Gasteiger partial charge >= 0.3 is 0 Å². The first-order valence-corrected chi connectivity index (χ1v) is 7.21. The second-order valence-corrected chi connectivity index (χ2v) is 6.30. The molecule has 0 radical (unpaired) electrons. The van der Waals surface area contributed by atoms with Gasteiger partial charge in [0.15, 0.2) is 0 Å². The number of aliphatic hydroxyl groups excluding tert-OH is 1. The third-order valence-electron chi connectivity index (χ3n) is 3.37. The summed E-state index contributed by atoms with van der Waals surface area (Å²) in [5, 5.41) is 14.0. The normalized spacial score (nSPS) is 18.1. The van der Waals surface area contributed by atoms with Crippen molar-refractivity contribution in [1.82, 2.24) is 5.32 Å². The molecule has 3 nitrogen and oxygen atoms in total. The molecule has 106 valence electrons. The number of halogens is 2. The fraction of sp³-hybridized carbons (Fsp3) is 0.571. The summed E-state index contributed by atoms with van der Waals surface area (Å²) in [7, 11) is 0. The number of nitrogens with one attached hydrogen (secondary N) is 1. The third-order valence-corrected chi connectivity index (χ3v) is 4.11. The number of benzene rings is 1. The van der Waals surface area contributed by atoms with E-state index in [1.54, 1.807) is 18.2 Å². The molecule has 5 heteroatoms. The number of hydrogen-bond donors (Lipinski definition) is 2. The predicted molar refractivity (Wildman–Crippen MR) is 78.2 cm³/mol. The van der Waals surface area contributed by atoms with Crippen molar-refractivity contribution >= 4 is 23.2 Å². The van der Waals surface area contributed by atoms with Gasteiger partial charge in [-0.05, 0) is 30.4 Å². The zero-order valence-electron chi connectivity index (χ0n) is 11.0. The minimum Gasteiger partial charge on any atom is -0.491 e. The van der Waals surface area contributed by atoms with Gasteiger partial charge in [0, 0.05) is 19.2 Å². The van der Waals surface area contributed by atoms with Crippen LogP contribution < -0.4 is 10.1 Å². The SMILES string of the molecule is CC1(CNCC(O)COc2ccc(Cl)c(Cl)c2)CC1. The lowest BCUT2D eigenvalue weighted by molar-refractivity contribution is 0.105. The van der Waals surface area contributed by atoms with Crippen LogP contribution in [0.2, 0.25) is 10.0 Å². The quantitative estimate of drug-likeness (QED) is 0.813. The van der Waals surface area contributed by atoms with Gasteiger partial charge in [-0.25, -0.2) is 0 Å². The highest BCUT2D eigenvalue weighted by molar-refractivity contribution is 6.42. The van der Waals surface area contributed by atoms with Crippen molar-refractivity contribution in [3.8, 4) is 5.75 Å². The van der Waals surface area contributed by atoms with E-state index in [-0.39, 0.29) is 6.61 Å². The Balaban J connectivity index is 1.67. The summed E-state index contributed by atoms with van der Waals surface area (Å²) in [5.74, 6) is 0.614. The van der Waals surface area contributed by atoms with Crippen molar-refractivity contribution in [3.05, 3.63) is 28.2 Å². The summed E-state index contributed by atoms with van der Waals surface area (Å²) in [6, 6.07) is 5.06. The summed E-state index contributed by atoms with van der Waals surface area (Å²) < 4.78 is 5.47. The molecule has 0 aliphatic heterocycles. The Morgan fingerprint density at radius 2 is 2.11 bits per heavy atom. The van der Waals surface area contributed by atoms with Gasteiger partial charge in [0.2, 0.25) is 0 Å². The Labute approximate surface area is 123 Å². The van der Waals surface area contributed by atoms with E-state index in [0.29, 0.717) is 27.8 Å². The molecule has 1 aliphatic carbocycles. The molecule has 1 aromatic carbocycles. The zero-order valence-corrected chi connectivity index (χ0v) is 12.5. The third kappa shape index (κ3) is 4.84. The number of rotatable bonds is 7. The monoisotopic (exact) mass is 303 g/mol. The van der Waals surface area contributed by atoms with Crippen LogP contribution in [0.3, 0.4) is 0 Å². The van der Waals surface area contributed by atoms with Crippen molar-refractivity contribution in [3.63, 3.8) is 0 Å². The molecular formula is C14H19Cl2NO2. The van der Waals surface area contributed by atoms with Gasteiger partial charge in [0.25, 0.3) is 0 Å². The Morgan fingerprint density at radius 1 is 1.37 bits per heavy atom. The van der Waals surface area contributed by atoms with Crippen molar-refractivity contribution in [2.75, 3.05) is 19.7 Å². The molecule has 0 bridgehead atoms. The Bertz CT molecular complexity index is 435. The maximum absolute atomic E-state index is 9.81. The molecule has 0 amide bonds. The standard InChI is InChI=1S/C14H19Cl2NO2/c1-14(4-5-14)9-17-7-10(18)8-19-11-2-3-12(15)13(16)6-11/h2-3,6,10,17-18H,4-5,7-9H2,1H3. The van der Waals surface area contributed by atoms with Crippen molar-refractivity contribution in [1.29, 1.82) is 0 Å². The van der Waals surface area contributed by atoms with Gasteiger partial charge in [-0.2, -0.15) is 0 Å². The molecule has 1 unspecified atom stereocenters. The van der Waals surface area contributed by atoms with Crippen LogP contribution in [0.4, 0.5) is 0 Å². The van der Waals surface area contributed by atoms with Crippen molar-refractivity contribution < 1.29 is 9.84 Å². The Hall–Kier alpha value is -0.480. The van der Waals surface area contributed by atoms with E-state index in [9.17, 15) is 5.11 Å². The first kappa shape index (κ1) is 14.9. The van der Waals surface area contributed by atoms with Crippen molar-refractivity contribution in [2.45, 2.75) is 25.9 Å². The number of ether oxygens (including phenoxy) is 1. The molecule has 0 heterocycles. The van der Waals surface area contributed by atoms with Crippen molar-refractivity contribution in [2.24, 2.45) is 5.41 Å². The van der Waals surface area contributed by atoms with E-state index in [4.69, 9.17) is 27.9 Å². The van der Waals surface area contributed by atoms with E-state index < -0.39 is 6.10 Å². The first-order valence-electron chi connectivity index (χ1n) is 6.45. The van der Waals surface area contributed by atoms with Gasteiger partial charge in [-0.15, -0.1) is 0 Å². The molecular weight excluding hydrogens is 285 g/mol.